The van der Waals surface area contributed by atoms with E-state index in [2.05, 4.69) is 6.58 Å². The first-order chi connectivity index (χ1) is 13.9. The minimum absolute atomic E-state index is 0.111. The third kappa shape index (κ3) is 4.14. The molecule has 2 saturated heterocycles. The van der Waals surface area contributed by atoms with Crippen LogP contribution in [0.25, 0.3) is 0 Å². The number of esters is 2. The van der Waals surface area contributed by atoms with Crippen molar-refractivity contribution in [3.63, 3.8) is 0 Å². The average Bonchev–Trinajstić information content (AvgIpc) is 3.04. The fourth-order valence-electron chi connectivity index (χ4n) is 4.39. The lowest BCUT2D eigenvalue weighted by Gasteiger charge is -2.36. The Kier molecular flexibility index (Phi) is 5.82. The summed E-state index contributed by atoms with van der Waals surface area (Å²) in [4.78, 5) is 37.7. The Labute approximate surface area is 177 Å². The van der Waals surface area contributed by atoms with E-state index in [-0.39, 0.29) is 24.2 Å². The van der Waals surface area contributed by atoms with Gasteiger partial charge in [0.1, 0.15) is 12.2 Å². The highest BCUT2D eigenvalue weighted by molar-refractivity contribution is 5.96. The van der Waals surface area contributed by atoms with E-state index >= 15 is 0 Å². The quantitative estimate of drug-likeness (QED) is 0.503. The first kappa shape index (κ1) is 22.4. The molecule has 5 unspecified atom stereocenters. The number of ketones is 1. The lowest BCUT2D eigenvalue weighted by atomic mass is 9.79. The van der Waals surface area contributed by atoms with Crippen molar-refractivity contribution in [3.8, 4) is 0 Å². The average molecular weight is 418 g/mol. The van der Waals surface area contributed by atoms with Gasteiger partial charge >= 0.3 is 11.9 Å². The fourth-order valence-corrected chi connectivity index (χ4v) is 4.39. The zero-order valence-electron chi connectivity index (χ0n) is 18.4. The van der Waals surface area contributed by atoms with Crippen LogP contribution in [-0.2, 0) is 33.3 Å². The molecule has 30 heavy (non-hydrogen) atoms. The molecule has 0 radical (unpaired) electrons. The van der Waals surface area contributed by atoms with Crippen LogP contribution in [0.15, 0.2) is 35.5 Å². The SMILES string of the molecule is C=C1C(=O)OC2C=C(C)C(=O)CC3OC(C)(C)OC3(C)CC(OC(=O)C(C)=CC)C12. The van der Waals surface area contributed by atoms with E-state index in [1.54, 1.807) is 46.8 Å². The van der Waals surface area contributed by atoms with Gasteiger partial charge in [0.25, 0.3) is 0 Å². The van der Waals surface area contributed by atoms with Crippen LogP contribution >= 0.6 is 0 Å². The molecule has 0 amide bonds. The second-order valence-corrected chi connectivity index (χ2v) is 8.94. The van der Waals surface area contributed by atoms with Gasteiger partial charge < -0.3 is 18.9 Å². The molecule has 0 spiro atoms. The van der Waals surface area contributed by atoms with Crippen LogP contribution in [0.4, 0.5) is 0 Å². The summed E-state index contributed by atoms with van der Waals surface area (Å²) in [5.41, 5.74) is 0.209. The van der Waals surface area contributed by atoms with Gasteiger partial charge in [-0.15, -0.1) is 0 Å². The molecule has 3 rings (SSSR count). The van der Waals surface area contributed by atoms with Crippen LogP contribution < -0.4 is 0 Å². The molecule has 2 aliphatic heterocycles. The molecule has 0 N–H and O–H groups in total. The van der Waals surface area contributed by atoms with E-state index in [9.17, 15) is 14.4 Å². The van der Waals surface area contributed by atoms with E-state index in [0.29, 0.717) is 11.1 Å². The summed E-state index contributed by atoms with van der Waals surface area (Å²) >= 11 is 0. The Hall–Kier alpha value is -2.25. The van der Waals surface area contributed by atoms with Gasteiger partial charge in [-0.25, -0.2) is 9.59 Å². The van der Waals surface area contributed by atoms with Gasteiger partial charge in [0, 0.05) is 24.0 Å². The number of fused-ring (bicyclic) bond motifs is 2. The molecular formula is C23H30O7. The monoisotopic (exact) mass is 418 g/mol. The van der Waals surface area contributed by atoms with Crippen molar-refractivity contribution >= 4 is 17.7 Å². The van der Waals surface area contributed by atoms with Gasteiger partial charge in [-0.3, -0.25) is 4.79 Å². The van der Waals surface area contributed by atoms with Crippen molar-refractivity contribution in [1.82, 2.24) is 0 Å². The summed E-state index contributed by atoms with van der Waals surface area (Å²) in [6, 6.07) is 0. The lowest BCUT2D eigenvalue weighted by Crippen LogP contribution is -2.46. The normalized spacial score (nSPS) is 36.5. The van der Waals surface area contributed by atoms with E-state index in [1.165, 1.54) is 0 Å². The third-order valence-corrected chi connectivity index (χ3v) is 6.09. The molecule has 5 atom stereocenters. The molecule has 0 aromatic rings. The summed E-state index contributed by atoms with van der Waals surface area (Å²) < 4.78 is 23.6. The van der Waals surface area contributed by atoms with E-state index < -0.39 is 47.6 Å². The highest BCUT2D eigenvalue weighted by Crippen LogP contribution is 2.45. The molecule has 2 fully saturated rings. The first-order valence-corrected chi connectivity index (χ1v) is 10.2. The zero-order chi connectivity index (χ0) is 22.4. The van der Waals surface area contributed by atoms with Crippen molar-refractivity contribution in [2.24, 2.45) is 5.92 Å². The Morgan fingerprint density at radius 1 is 1.30 bits per heavy atom. The Balaban J connectivity index is 2.09. The Morgan fingerprint density at radius 2 is 1.97 bits per heavy atom. The summed E-state index contributed by atoms with van der Waals surface area (Å²) in [6.07, 6.45) is 1.60. The van der Waals surface area contributed by atoms with Gasteiger partial charge in [0.15, 0.2) is 11.6 Å². The Morgan fingerprint density at radius 3 is 2.60 bits per heavy atom. The Bertz CT molecular complexity index is 850. The molecule has 3 aliphatic rings. The van der Waals surface area contributed by atoms with Crippen molar-refractivity contribution in [2.75, 3.05) is 0 Å². The second-order valence-electron chi connectivity index (χ2n) is 8.94. The van der Waals surface area contributed by atoms with Gasteiger partial charge in [0.2, 0.25) is 0 Å². The van der Waals surface area contributed by atoms with Crippen LogP contribution in [-0.4, -0.2) is 47.4 Å². The van der Waals surface area contributed by atoms with Crippen molar-refractivity contribution in [3.05, 3.63) is 35.5 Å². The summed E-state index contributed by atoms with van der Waals surface area (Å²) in [5, 5.41) is 0. The third-order valence-electron chi connectivity index (χ3n) is 6.09. The van der Waals surface area contributed by atoms with Gasteiger partial charge in [-0.1, -0.05) is 12.7 Å². The van der Waals surface area contributed by atoms with Gasteiger partial charge in [-0.2, -0.15) is 0 Å². The minimum Gasteiger partial charge on any atom is -0.458 e. The van der Waals surface area contributed by atoms with Gasteiger partial charge in [-0.05, 0) is 53.2 Å². The number of hydrogen-bond acceptors (Lipinski definition) is 7. The van der Waals surface area contributed by atoms with Crippen LogP contribution in [0, 0.1) is 5.92 Å². The maximum absolute atomic E-state index is 12.8. The predicted octanol–water partition coefficient (Wildman–Crippen LogP) is 3.18. The van der Waals surface area contributed by atoms with Crippen LogP contribution in [0.3, 0.4) is 0 Å². The maximum Gasteiger partial charge on any atom is 0.334 e. The van der Waals surface area contributed by atoms with E-state index in [0.717, 1.165) is 0 Å². The molecule has 7 nitrogen and oxygen atoms in total. The number of Topliss-reactive ketones (excluding diaryl/α,β-unsaturated/α-hetero) is 1. The highest BCUT2D eigenvalue weighted by Gasteiger charge is 2.55. The second kappa shape index (κ2) is 7.78. The summed E-state index contributed by atoms with van der Waals surface area (Å²) in [7, 11) is 0. The predicted molar refractivity (Wildman–Crippen MR) is 108 cm³/mol. The maximum atomic E-state index is 12.8. The van der Waals surface area contributed by atoms with Crippen molar-refractivity contribution in [1.29, 1.82) is 0 Å². The molecule has 0 aromatic heterocycles. The topological polar surface area (TPSA) is 88.1 Å². The molecular weight excluding hydrogens is 388 g/mol. The molecule has 0 bridgehead atoms. The summed E-state index contributed by atoms with van der Waals surface area (Å²) in [6.45, 7) is 14.4. The largest absolute Gasteiger partial charge is 0.458 e. The smallest absolute Gasteiger partial charge is 0.334 e. The van der Waals surface area contributed by atoms with Crippen LogP contribution in [0.5, 0.6) is 0 Å². The van der Waals surface area contributed by atoms with Crippen LogP contribution in [0.2, 0.25) is 0 Å². The minimum atomic E-state index is -0.915. The number of rotatable bonds is 2. The van der Waals surface area contributed by atoms with E-state index in [1.807, 2.05) is 6.92 Å². The molecule has 0 saturated carbocycles. The van der Waals surface area contributed by atoms with E-state index in [4.69, 9.17) is 18.9 Å². The highest BCUT2D eigenvalue weighted by atomic mass is 16.8. The molecule has 164 valence electrons. The van der Waals surface area contributed by atoms with Crippen LogP contribution in [0.1, 0.15) is 54.4 Å². The van der Waals surface area contributed by atoms with Crippen molar-refractivity contribution < 1.29 is 33.3 Å². The molecule has 2 heterocycles. The number of carbonyl (C=O) groups is 3. The molecule has 1 aliphatic carbocycles. The van der Waals surface area contributed by atoms with Crippen molar-refractivity contribution in [2.45, 2.75) is 84.1 Å². The standard InChI is InChI=1S/C23H30O7/c1-8-12(2)20(25)28-17-11-23(7)18(29-22(5,6)30-23)10-15(24)13(3)9-16-19(17)14(4)21(26)27-16/h8-9,16-19H,4,10-11H2,1-3,5-7H3. The first-order valence-electron chi connectivity index (χ1n) is 10.2. The molecule has 0 aromatic carbocycles. The lowest BCUT2D eigenvalue weighted by molar-refractivity contribution is -0.171. The number of ether oxygens (including phenoxy) is 4. The number of allylic oxidation sites excluding steroid dienone is 2. The number of hydrogen-bond donors (Lipinski definition) is 0. The van der Waals surface area contributed by atoms with Gasteiger partial charge in [0.05, 0.1) is 17.6 Å². The zero-order valence-corrected chi connectivity index (χ0v) is 18.4. The fraction of sp³-hybridized carbons (Fsp3) is 0.609. The summed E-state index contributed by atoms with van der Waals surface area (Å²) in [5.74, 6) is -2.69. The molecule has 7 heteroatoms. The number of carbonyl (C=O) groups excluding carboxylic acids is 3.